The zero-order chi connectivity index (χ0) is 16.7. The molecule has 0 N–H and O–H groups in total. The van der Waals surface area contributed by atoms with Gasteiger partial charge in [-0.25, -0.2) is 4.39 Å². The third-order valence-corrected chi connectivity index (χ3v) is 3.21. The fraction of sp³-hybridized carbons (Fsp3) is 0.211. The van der Waals surface area contributed by atoms with Gasteiger partial charge in [0.05, 0.1) is 13.7 Å². The van der Waals surface area contributed by atoms with Gasteiger partial charge in [-0.2, -0.15) is 0 Å². The fourth-order valence-electron chi connectivity index (χ4n) is 2.00. The van der Waals surface area contributed by atoms with Crippen LogP contribution in [-0.2, 0) is 0 Å². The lowest BCUT2D eigenvalue weighted by atomic mass is 10.1. The SMILES string of the molecule is CCCOc1ccc(C=CC(=O)c2ccc(F)cc2)cc1OC. The molecular formula is C19H19FO3. The summed E-state index contributed by atoms with van der Waals surface area (Å²) in [5.74, 6) is 0.749. The van der Waals surface area contributed by atoms with E-state index in [0.717, 1.165) is 12.0 Å². The van der Waals surface area contributed by atoms with Crippen LogP contribution in [0.15, 0.2) is 48.5 Å². The number of carbonyl (C=O) groups excluding carboxylic acids is 1. The smallest absolute Gasteiger partial charge is 0.185 e. The standard InChI is InChI=1S/C19H19FO3/c1-3-12-23-18-11-5-14(13-19(18)22-2)4-10-17(21)15-6-8-16(20)9-7-15/h4-11,13H,3,12H2,1-2H3. The van der Waals surface area contributed by atoms with Gasteiger partial charge in [0.15, 0.2) is 17.3 Å². The van der Waals surface area contributed by atoms with E-state index in [1.165, 1.54) is 30.3 Å². The molecule has 0 saturated carbocycles. The largest absolute Gasteiger partial charge is 0.493 e. The summed E-state index contributed by atoms with van der Waals surface area (Å²) >= 11 is 0. The van der Waals surface area contributed by atoms with Gasteiger partial charge in [0, 0.05) is 5.56 Å². The van der Waals surface area contributed by atoms with Crippen molar-refractivity contribution in [1.29, 1.82) is 0 Å². The lowest BCUT2D eigenvalue weighted by molar-refractivity contribution is 0.104. The van der Waals surface area contributed by atoms with Gasteiger partial charge in [0.2, 0.25) is 0 Å². The summed E-state index contributed by atoms with van der Waals surface area (Å²) in [6, 6.07) is 10.9. The van der Waals surface area contributed by atoms with Gasteiger partial charge in [-0.3, -0.25) is 4.79 Å². The van der Waals surface area contributed by atoms with E-state index in [0.29, 0.717) is 23.7 Å². The van der Waals surface area contributed by atoms with Crippen LogP contribution < -0.4 is 9.47 Å². The first-order valence-electron chi connectivity index (χ1n) is 7.43. The molecule has 0 amide bonds. The molecular weight excluding hydrogens is 295 g/mol. The summed E-state index contributed by atoms with van der Waals surface area (Å²) in [7, 11) is 1.57. The van der Waals surface area contributed by atoms with Crippen molar-refractivity contribution in [2.75, 3.05) is 13.7 Å². The second-order valence-corrected chi connectivity index (χ2v) is 4.96. The molecule has 4 heteroatoms. The van der Waals surface area contributed by atoms with E-state index < -0.39 is 0 Å². The van der Waals surface area contributed by atoms with E-state index in [-0.39, 0.29) is 11.6 Å². The predicted molar refractivity (Wildman–Crippen MR) is 88.5 cm³/mol. The molecule has 0 aromatic heterocycles. The Morgan fingerprint density at radius 2 is 1.87 bits per heavy atom. The number of rotatable bonds is 7. The van der Waals surface area contributed by atoms with Gasteiger partial charge >= 0.3 is 0 Å². The molecule has 2 aromatic carbocycles. The highest BCUT2D eigenvalue weighted by Gasteiger charge is 2.05. The molecule has 0 saturated heterocycles. The quantitative estimate of drug-likeness (QED) is 0.557. The Balaban J connectivity index is 2.12. The van der Waals surface area contributed by atoms with Gasteiger partial charge in [0.25, 0.3) is 0 Å². The van der Waals surface area contributed by atoms with Gasteiger partial charge < -0.3 is 9.47 Å². The molecule has 0 fully saturated rings. The van der Waals surface area contributed by atoms with Crippen LogP contribution in [0.3, 0.4) is 0 Å². The Bertz CT molecular complexity index is 690. The maximum Gasteiger partial charge on any atom is 0.185 e. The number of allylic oxidation sites excluding steroid dienone is 1. The van der Waals surface area contributed by atoms with Gasteiger partial charge in [-0.1, -0.05) is 19.1 Å². The molecule has 0 unspecified atom stereocenters. The molecule has 23 heavy (non-hydrogen) atoms. The first-order chi connectivity index (χ1) is 11.1. The molecule has 0 heterocycles. The molecule has 120 valence electrons. The maximum absolute atomic E-state index is 12.9. The molecule has 0 spiro atoms. The van der Waals surface area contributed by atoms with Crippen LogP contribution in [0.25, 0.3) is 6.08 Å². The van der Waals surface area contributed by atoms with Crippen molar-refractivity contribution in [2.45, 2.75) is 13.3 Å². The van der Waals surface area contributed by atoms with Crippen LogP contribution in [0.4, 0.5) is 4.39 Å². The molecule has 0 radical (unpaired) electrons. The molecule has 0 aliphatic rings. The number of hydrogen-bond donors (Lipinski definition) is 0. The molecule has 3 nitrogen and oxygen atoms in total. The van der Waals surface area contributed by atoms with E-state index >= 15 is 0 Å². The highest BCUT2D eigenvalue weighted by molar-refractivity contribution is 6.06. The van der Waals surface area contributed by atoms with Gasteiger partial charge in [-0.05, 0) is 54.5 Å². The highest BCUT2D eigenvalue weighted by atomic mass is 19.1. The predicted octanol–water partition coefficient (Wildman–Crippen LogP) is 4.52. The number of hydrogen-bond acceptors (Lipinski definition) is 3. The number of ether oxygens (including phenoxy) is 2. The Labute approximate surface area is 135 Å². The molecule has 0 atom stereocenters. The molecule has 0 aliphatic carbocycles. The minimum absolute atomic E-state index is 0.185. The van der Waals surface area contributed by atoms with Crippen molar-refractivity contribution in [3.8, 4) is 11.5 Å². The summed E-state index contributed by atoms with van der Waals surface area (Å²) in [6.45, 7) is 2.65. The second-order valence-electron chi connectivity index (χ2n) is 4.96. The topological polar surface area (TPSA) is 35.5 Å². The third-order valence-electron chi connectivity index (χ3n) is 3.21. The fourth-order valence-corrected chi connectivity index (χ4v) is 2.00. The van der Waals surface area contributed by atoms with Crippen LogP contribution in [0.5, 0.6) is 11.5 Å². The minimum atomic E-state index is -0.363. The van der Waals surface area contributed by atoms with Crippen molar-refractivity contribution in [3.05, 3.63) is 65.5 Å². The van der Waals surface area contributed by atoms with Crippen LogP contribution in [0, 0.1) is 5.82 Å². The van der Waals surface area contributed by atoms with E-state index in [2.05, 4.69) is 0 Å². The van der Waals surface area contributed by atoms with Crippen molar-refractivity contribution in [2.24, 2.45) is 0 Å². The summed E-state index contributed by atoms with van der Waals surface area (Å²) < 4.78 is 23.7. The Hall–Kier alpha value is -2.62. The Kier molecular flexibility index (Phi) is 5.92. The van der Waals surface area contributed by atoms with E-state index in [1.54, 1.807) is 19.3 Å². The van der Waals surface area contributed by atoms with Crippen molar-refractivity contribution in [3.63, 3.8) is 0 Å². The molecule has 0 bridgehead atoms. The first kappa shape index (κ1) is 16.7. The lowest BCUT2D eigenvalue weighted by Crippen LogP contribution is -1.98. The summed E-state index contributed by atoms with van der Waals surface area (Å²) in [6.07, 6.45) is 4.06. The number of halogens is 1. The summed E-state index contributed by atoms with van der Waals surface area (Å²) in [5.41, 5.74) is 1.26. The van der Waals surface area contributed by atoms with Crippen LogP contribution in [0.2, 0.25) is 0 Å². The maximum atomic E-state index is 12.9. The van der Waals surface area contributed by atoms with Crippen molar-refractivity contribution >= 4 is 11.9 Å². The van der Waals surface area contributed by atoms with E-state index in [1.807, 2.05) is 19.1 Å². The number of ketones is 1. The van der Waals surface area contributed by atoms with E-state index in [4.69, 9.17) is 9.47 Å². The van der Waals surface area contributed by atoms with Crippen molar-refractivity contribution < 1.29 is 18.7 Å². The molecule has 0 aliphatic heterocycles. The number of carbonyl (C=O) groups is 1. The van der Waals surface area contributed by atoms with Crippen LogP contribution in [0.1, 0.15) is 29.3 Å². The second kappa shape index (κ2) is 8.13. The summed E-state index contributed by atoms with van der Waals surface area (Å²) in [5, 5.41) is 0. The average molecular weight is 314 g/mol. The van der Waals surface area contributed by atoms with Crippen LogP contribution in [-0.4, -0.2) is 19.5 Å². The molecule has 2 aromatic rings. The van der Waals surface area contributed by atoms with Crippen LogP contribution >= 0.6 is 0 Å². The average Bonchev–Trinajstić information content (AvgIpc) is 2.58. The van der Waals surface area contributed by atoms with E-state index in [9.17, 15) is 9.18 Å². The minimum Gasteiger partial charge on any atom is -0.493 e. The zero-order valence-corrected chi connectivity index (χ0v) is 13.2. The van der Waals surface area contributed by atoms with Crippen molar-refractivity contribution in [1.82, 2.24) is 0 Å². The number of benzene rings is 2. The van der Waals surface area contributed by atoms with Gasteiger partial charge in [-0.15, -0.1) is 0 Å². The molecule has 2 rings (SSSR count). The number of methoxy groups -OCH3 is 1. The highest BCUT2D eigenvalue weighted by Crippen LogP contribution is 2.28. The summed E-state index contributed by atoms with van der Waals surface area (Å²) in [4.78, 5) is 12.0. The monoisotopic (exact) mass is 314 g/mol. The lowest BCUT2D eigenvalue weighted by Gasteiger charge is -2.10. The Morgan fingerprint density at radius 1 is 1.13 bits per heavy atom. The zero-order valence-electron chi connectivity index (χ0n) is 13.2. The first-order valence-corrected chi connectivity index (χ1v) is 7.43. The third kappa shape index (κ3) is 4.68. The normalized spacial score (nSPS) is 10.7. The van der Waals surface area contributed by atoms with Gasteiger partial charge in [0.1, 0.15) is 5.82 Å². The Morgan fingerprint density at radius 3 is 2.52 bits per heavy atom.